The number of thioether (sulfide) groups is 1. The molecule has 0 radical (unpaired) electrons. The first-order chi connectivity index (χ1) is 13.0. The van der Waals surface area contributed by atoms with Gasteiger partial charge in [0.2, 0.25) is 11.8 Å². The second kappa shape index (κ2) is 8.35. The number of nitrogens with one attached hydrogen (secondary N) is 1. The molecule has 1 aliphatic heterocycles. The zero-order chi connectivity index (χ0) is 19.4. The smallest absolute Gasteiger partial charge is 0.244 e. The number of anilines is 1. The van der Waals surface area contributed by atoms with E-state index in [-0.39, 0.29) is 23.7 Å². The molecule has 2 amide bonds. The van der Waals surface area contributed by atoms with Crippen LogP contribution in [0.1, 0.15) is 16.5 Å². The van der Waals surface area contributed by atoms with Gasteiger partial charge in [0.15, 0.2) is 0 Å². The molecule has 1 N–H and O–H groups in total. The summed E-state index contributed by atoms with van der Waals surface area (Å²) >= 11 is 1.47. The summed E-state index contributed by atoms with van der Waals surface area (Å²) in [7, 11) is 3.17. The lowest BCUT2D eigenvalue weighted by molar-refractivity contribution is -0.132. The lowest BCUT2D eigenvalue weighted by Gasteiger charge is -2.25. The predicted octanol–water partition coefficient (Wildman–Crippen LogP) is 3.22. The molecule has 0 aromatic heterocycles. The Morgan fingerprint density at radius 1 is 1.19 bits per heavy atom. The minimum Gasteiger partial charge on any atom is -0.497 e. The van der Waals surface area contributed by atoms with Gasteiger partial charge in [0.05, 0.1) is 20.0 Å². The number of carbonyl (C=O) groups is 2. The van der Waals surface area contributed by atoms with Crippen LogP contribution in [-0.2, 0) is 9.59 Å². The molecule has 7 heteroatoms. The van der Waals surface area contributed by atoms with Crippen LogP contribution in [0.2, 0.25) is 0 Å². The highest BCUT2D eigenvalue weighted by Crippen LogP contribution is 2.43. The zero-order valence-electron chi connectivity index (χ0n) is 15.5. The minimum atomic E-state index is -0.300. The maximum Gasteiger partial charge on any atom is 0.244 e. The molecule has 0 aliphatic carbocycles. The van der Waals surface area contributed by atoms with Crippen LogP contribution in [0, 0.1) is 6.92 Å². The van der Waals surface area contributed by atoms with E-state index in [0.717, 1.165) is 11.1 Å². The summed E-state index contributed by atoms with van der Waals surface area (Å²) in [4.78, 5) is 26.5. The summed E-state index contributed by atoms with van der Waals surface area (Å²) in [6, 6.07) is 13.0. The van der Waals surface area contributed by atoms with Gasteiger partial charge >= 0.3 is 0 Å². The highest BCUT2D eigenvalue weighted by atomic mass is 32.2. The third-order valence-corrected chi connectivity index (χ3v) is 5.56. The first-order valence-corrected chi connectivity index (χ1v) is 9.56. The van der Waals surface area contributed by atoms with Crippen molar-refractivity contribution >= 4 is 29.3 Å². The first kappa shape index (κ1) is 19.1. The zero-order valence-corrected chi connectivity index (χ0v) is 16.3. The summed E-state index contributed by atoms with van der Waals surface area (Å²) < 4.78 is 10.7. The first-order valence-electron chi connectivity index (χ1n) is 8.51. The SMILES string of the molecule is COc1ccc(OC)c([C@@H]2SCC(=O)N2CC(=O)Nc2ccc(C)cc2)c1. The number of amides is 2. The summed E-state index contributed by atoms with van der Waals surface area (Å²) in [6.45, 7) is 1.96. The van der Waals surface area contributed by atoms with E-state index in [4.69, 9.17) is 9.47 Å². The van der Waals surface area contributed by atoms with Gasteiger partial charge in [-0.15, -0.1) is 11.8 Å². The summed E-state index contributed by atoms with van der Waals surface area (Å²) in [5.74, 6) is 1.35. The summed E-state index contributed by atoms with van der Waals surface area (Å²) in [5.41, 5.74) is 2.64. The van der Waals surface area contributed by atoms with E-state index >= 15 is 0 Å². The molecule has 0 saturated carbocycles. The Kier molecular flexibility index (Phi) is 5.91. The molecule has 142 valence electrons. The molecule has 1 fully saturated rings. The van der Waals surface area contributed by atoms with E-state index < -0.39 is 0 Å². The Morgan fingerprint density at radius 2 is 1.93 bits per heavy atom. The minimum absolute atomic E-state index is 0.0231. The highest BCUT2D eigenvalue weighted by Gasteiger charge is 2.36. The number of aryl methyl sites for hydroxylation is 1. The van der Waals surface area contributed by atoms with Crippen molar-refractivity contribution in [2.24, 2.45) is 0 Å². The van der Waals surface area contributed by atoms with Crippen LogP contribution in [0.25, 0.3) is 0 Å². The van der Waals surface area contributed by atoms with E-state index in [1.807, 2.05) is 43.3 Å². The van der Waals surface area contributed by atoms with Gasteiger partial charge in [-0.3, -0.25) is 9.59 Å². The van der Waals surface area contributed by atoms with Crippen LogP contribution in [0.4, 0.5) is 5.69 Å². The Bertz CT molecular complexity index is 838. The van der Waals surface area contributed by atoms with Gasteiger partial charge < -0.3 is 19.7 Å². The monoisotopic (exact) mass is 386 g/mol. The fourth-order valence-electron chi connectivity index (χ4n) is 2.91. The van der Waals surface area contributed by atoms with Crippen molar-refractivity contribution in [2.75, 3.05) is 31.8 Å². The average Bonchev–Trinajstić information content (AvgIpc) is 3.03. The average molecular weight is 386 g/mol. The third kappa shape index (κ3) is 4.36. The maximum absolute atomic E-state index is 12.5. The number of ether oxygens (including phenoxy) is 2. The molecular weight excluding hydrogens is 364 g/mol. The molecule has 0 unspecified atom stereocenters. The number of carbonyl (C=O) groups excluding carboxylic acids is 2. The summed E-state index contributed by atoms with van der Waals surface area (Å²) in [6.07, 6.45) is 0. The number of hydrogen-bond donors (Lipinski definition) is 1. The van der Waals surface area contributed by atoms with Gasteiger partial charge in [0.25, 0.3) is 0 Å². The molecule has 3 rings (SSSR count). The second-order valence-corrected chi connectivity index (χ2v) is 7.28. The van der Waals surface area contributed by atoms with Crippen LogP contribution in [0.15, 0.2) is 42.5 Å². The molecule has 0 spiro atoms. The fourth-order valence-corrected chi connectivity index (χ4v) is 4.11. The molecule has 1 heterocycles. The van der Waals surface area contributed by atoms with Crippen molar-refractivity contribution in [1.29, 1.82) is 0 Å². The molecule has 1 saturated heterocycles. The van der Waals surface area contributed by atoms with Gasteiger partial charge in [-0.2, -0.15) is 0 Å². The predicted molar refractivity (Wildman–Crippen MR) is 106 cm³/mol. The van der Waals surface area contributed by atoms with Gasteiger partial charge in [-0.25, -0.2) is 0 Å². The molecule has 2 aromatic carbocycles. The van der Waals surface area contributed by atoms with Crippen LogP contribution < -0.4 is 14.8 Å². The molecule has 1 aliphatic rings. The number of benzene rings is 2. The van der Waals surface area contributed by atoms with Gasteiger partial charge in [-0.05, 0) is 37.3 Å². The Labute approximate surface area is 162 Å². The Hall–Kier alpha value is -2.67. The Balaban J connectivity index is 1.78. The van der Waals surface area contributed by atoms with E-state index in [1.165, 1.54) is 11.8 Å². The summed E-state index contributed by atoms with van der Waals surface area (Å²) in [5, 5.41) is 2.54. The number of nitrogens with zero attached hydrogens (tertiary/aromatic N) is 1. The quantitative estimate of drug-likeness (QED) is 0.826. The van der Waals surface area contributed by atoms with Gasteiger partial charge in [0.1, 0.15) is 23.4 Å². The van der Waals surface area contributed by atoms with Crippen LogP contribution in [0.3, 0.4) is 0 Å². The van der Waals surface area contributed by atoms with E-state index in [2.05, 4.69) is 5.32 Å². The molecule has 1 atom stereocenters. The molecule has 2 aromatic rings. The molecule has 0 bridgehead atoms. The number of hydrogen-bond acceptors (Lipinski definition) is 5. The molecular formula is C20H22N2O4S. The van der Waals surface area contributed by atoms with Crippen molar-refractivity contribution < 1.29 is 19.1 Å². The van der Waals surface area contributed by atoms with Crippen LogP contribution >= 0.6 is 11.8 Å². The van der Waals surface area contributed by atoms with Crippen molar-refractivity contribution in [2.45, 2.75) is 12.3 Å². The fraction of sp³-hybridized carbons (Fsp3) is 0.300. The van der Waals surface area contributed by atoms with E-state index in [0.29, 0.717) is 22.9 Å². The largest absolute Gasteiger partial charge is 0.497 e. The maximum atomic E-state index is 12.5. The molecule has 6 nitrogen and oxygen atoms in total. The lowest BCUT2D eigenvalue weighted by Crippen LogP contribution is -2.36. The third-order valence-electron chi connectivity index (χ3n) is 4.32. The standard InChI is InChI=1S/C20H22N2O4S/c1-13-4-6-14(7-5-13)21-18(23)11-22-19(24)12-27-20(22)16-10-15(25-2)8-9-17(16)26-3/h4-10,20H,11-12H2,1-3H3,(H,21,23)/t20-/m0/s1. The van der Waals surface area contributed by atoms with Crippen LogP contribution in [-0.4, -0.2) is 43.2 Å². The number of methoxy groups -OCH3 is 2. The van der Waals surface area contributed by atoms with Crippen LogP contribution in [0.5, 0.6) is 11.5 Å². The lowest BCUT2D eigenvalue weighted by atomic mass is 10.1. The Morgan fingerprint density at radius 3 is 2.59 bits per heavy atom. The van der Waals surface area contributed by atoms with E-state index in [9.17, 15) is 9.59 Å². The van der Waals surface area contributed by atoms with Gasteiger partial charge in [0, 0.05) is 11.3 Å². The van der Waals surface area contributed by atoms with Crippen molar-refractivity contribution in [1.82, 2.24) is 4.90 Å². The van der Waals surface area contributed by atoms with Crippen molar-refractivity contribution in [3.05, 3.63) is 53.6 Å². The normalized spacial score (nSPS) is 16.3. The van der Waals surface area contributed by atoms with Crippen molar-refractivity contribution in [3.8, 4) is 11.5 Å². The van der Waals surface area contributed by atoms with E-state index in [1.54, 1.807) is 25.2 Å². The van der Waals surface area contributed by atoms with Crippen molar-refractivity contribution in [3.63, 3.8) is 0 Å². The molecule has 27 heavy (non-hydrogen) atoms. The second-order valence-electron chi connectivity index (χ2n) is 6.21. The highest BCUT2D eigenvalue weighted by molar-refractivity contribution is 8.00. The number of rotatable bonds is 6. The topological polar surface area (TPSA) is 67.9 Å². The van der Waals surface area contributed by atoms with Gasteiger partial charge in [-0.1, -0.05) is 17.7 Å².